The van der Waals surface area contributed by atoms with Crippen LogP contribution in [0.2, 0.25) is 15.1 Å². The van der Waals surface area contributed by atoms with Crippen LogP contribution in [0.25, 0.3) is 80.6 Å². The highest BCUT2D eigenvalue weighted by Gasteiger charge is 2.31. The third-order valence-electron chi connectivity index (χ3n) is 19.4. The molecule has 3 saturated carbocycles. The van der Waals surface area contributed by atoms with Gasteiger partial charge in [-0.2, -0.15) is 8.42 Å². The van der Waals surface area contributed by atoms with Crippen molar-refractivity contribution in [1.29, 1.82) is 0 Å². The molecule has 0 atom stereocenters. The molecular formula is C76H77Cl3N12O6S. The smallest absolute Gasteiger partial charge is 0.297 e. The van der Waals surface area contributed by atoms with E-state index in [9.17, 15) is 22.8 Å². The van der Waals surface area contributed by atoms with Gasteiger partial charge < -0.3 is 31.3 Å². The first-order valence-corrected chi connectivity index (χ1v) is 35.1. The van der Waals surface area contributed by atoms with Crippen LogP contribution in [0.5, 0.6) is 0 Å². The Morgan fingerprint density at radius 1 is 0.500 bits per heavy atom. The lowest BCUT2D eigenvalue weighted by molar-refractivity contribution is -0.122. The van der Waals surface area contributed by atoms with Crippen molar-refractivity contribution in [3.8, 4) is 33.4 Å². The highest BCUT2D eigenvalue weighted by atomic mass is 35.5. The number of nitrogens with one attached hydrogen (secondary N) is 1. The predicted molar refractivity (Wildman–Crippen MR) is 392 cm³/mol. The third kappa shape index (κ3) is 15.5. The maximum absolute atomic E-state index is 12.1. The number of carbonyl (C=O) groups excluding carboxylic acids is 3. The summed E-state index contributed by atoms with van der Waals surface area (Å²) in [7, 11) is -3.70. The van der Waals surface area contributed by atoms with Gasteiger partial charge in [-0.05, 0) is 207 Å². The average molecular weight is 1390 g/mol. The molecule has 6 aromatic heterocycles. The molecule has 13 rings (SSSR count). The number of nitrogen functional groups attached to an aromatic ring is 3. The van der Waals surface area contributed by atoms with Crippen molar-refractivity contribution >= 4 is 129 Å². The summed E-state index contributed by atoms with van der Waals surface area (Å²) in [6.45, 7) is 35.0. The Bertz CT molecular complexity index is 4770. The number of halogens is 3. The molecule has 22 heteroatoms. The van der Waals surface area contributed by atoms with Gasteiger partial charge in [-0.25, -0.2) is 14.5 Å². The molecule has 504 valence electrons. The molecule has 4 aromatic carbocycles. The molecule has 0 spiro atoms. The van der Waals surface area contributed by atoms with E-state index >= 15 is 0 Å². The Kier molecular flexibility index (Phi) is 22.3. The Hall–Kier alpha value is -9.39. The number of carbonyl (C=O) groups is 3. The zero-order valence-corrected chi connectivity index (χ0v) is 58.8. The van der Waals surface area contributed by atoms with Gasteiger partial charge in [-0.3, -0.25) is 33.5 Å². The van der Waals surface area contributed by atoms with Crippen molar-refractivity contribution in [2.75, 3.05) is 17.2 Å². The summed E-state index contributed by atoms with van der Waals surface area (Å²) >= 11 is 19.3. The third-order valence-corrected chi connectivity index (χ3v) is 22.0. The quantitative estimate of drug-likeness (QED) is 0.0697. The van der Waals surface area contributed by atoms with Crippen LogP contribution in [0, 0.1) is 65.2 Å². The van der Waals surface area contributed by atoms with E-state index in [1.54, 1.807) is 76.0 Å². The molecule has 7 N–H and O–H groups in total. The second-order valence-corrected chi connectivity index (χ2v) is 28.6. The number of aromatic nitrogens is 6. The van der Waals surface area contributed by atoms with Gasteiger partial charge in [0.2, 0.25) is 0 Å². The SMILES string of the molecule is CC(=O)C1CCC(OS(=O)(=O)c2ccc(C)cc2)CC1.[C-]#[N+]c1cc2c(-c3cncc(N)c3Cl)c[nH]c2cc1C.[C-]#[N+]c1cc2c(-c3cncc(N)c3Cl)cn(C3CCC(C(C)=O)CC3)c2cc1C.[C-]#[N+]c1cc2c(-c3cncc(N)c3Cl)cn(C3CCC(C(C)=O)CC3)c2cc1C. The normalized spacial score (nSPS) is 18.4. The summed E-state index contributed by atoms with van der Waals surface area (Å²) in [5.74, 6) is 1.18. The van der Waals surface area contributed by atoms with Crippen LogP contribution in [0.1, 0.15) is 132 Å². The fourth-order valence-corrected chi connectivity index (χ4v) is 15.4. The number of fused-ring (bicyclic) bond motifs is 3. The maximum atomic E-state index is 12.1. The number of H-pyrrole nitrogens is 1. The zero-order valence-electron chi connectivity index (χ0n) is 55.7. The van der Waals surface area contributed by atoms with Gasteiger partial charge in [-0.1, -0.05) is 52.5 Å². The number of aryl methyl sites for hydroxylation is 4. The van der Waals surface area contributed by atoms with Gasteiger partial charge in [-0.15, -0.1) is 0 Å². The molecule has 0 amide bonds. The highest BCUT2D eigenvalue weighted by molar-refractivity contribution is 7.86. The van der Waals surface area contributed by atoms with E-state index in [2.05, 4.69) is 68.1 Å². The van der Waals surface area contributed by atoms with E-state index in [0.717, 1.165) is 140 Å². The van der Waals surface area contributed by atoms with Gasteiger partial charge in [0.25, 0.3) is 10.1 Å². The Labute approximate surface area is 586 Å². The molecule has 0 aliphatic heterocycles. The average Bonchev–Trinajstić information content (AvgIpc) is 1.60. The molecule has 98 heavy (non-hydrogen) atoms. The molecule has 3 fully saturated rings. The fourth-order valence-electron chi connectivity index (χ4n) is 13.6. The van der Waals surface area contributed by atoms with Crippen molar-refractivity contribution in [2.45, 2.75) is 149 Å². The summed E-state index contributed by atoms with van der Waals surface area (Å²) in [5, 5.41) is 4.32. The Morgan fingerprint density at radius 2 is 0.857 bits per heavy atom. The predicted octanol–water partition coefficient (Wildman–Crippen LogP) is 19.4. The molecule has 6 heterocycles. The first-order valence-electron chi connectivity index (χ1n) is 32.5. The summed E-state index contributed by atoms with van der Waals surface area (Å²) in [5.41, 5.74) is 33.0. The van der Waals surface area contributed by atoms with Crippen LogP contribution in [-0.2, 0) is 28.7 Å². The molecular weight excluding hydrogens is 1320 g/mol. The topological polar surface area (TPSA) is 250 Å². The molecule has 3 aliphatic carbocycles. The number of nitrogens with zero attached hydrogens (tertiary/aromatic N) is 8. The number of aromatic amines is 1. The van der Waals surface area contributed by atoms with Gasteiger partial charge >= 0.3 is 0 Å². The number of anilines is 3. The van der Waals surface area contributed by atoms with E-state index in [4.69, 9.17) is 75.9 Å². The summed E-state index contributed by atoms with van der Waals surface area (Å²) in [4.78, 5) is 61.6. The zero-order chi connectivity index (χ0) is 70.4. The van der Waals surface area contributed by atoms with Gasteiger partial charge in [0.15, 0.2) is 17.1 Å². The van der Waals surface area contributed by atoms with Crippen LogP contribution >= 0.6 is 34.8 Å². The Balaban J connectivity index is 0.000000144. The lowest BCUT2D eigenvalue weighted by Gasteiger charge is -2.29. The molecule has 0 saturated heterocycles. The van der Waals surface area contributed by atoms with Crippen LogP contribution in [0.4, 0.5) is 34.1 Å². The second kappa shape index (κ2) is 30.6. The number of hydrogen-bond donors (Lipinski definition) is 4. The van der Waals surface area contributed by atoms with E-state index in [0.29, 0.717) is 87.0 Å². The number of ketones is 3. The van der Waals surface area contributed by atoms with Crippen molar-refractivity contribution in [1.82, 2.24) is 29.1 Å². The van der Waals surface area contributed by atoms with Crippen molar-refractivity contribution in [3.05, 3.63) is 188 Å². The number of pyridine rings is 3. The van der Waals surface area contributed by atoms with Crippen molar-refractivity contribution < 1.29 is 27.0 Å². The highest BCUT2D eigenvalue weighted by Crippen LogP contribution is 2.46. The molecule has 3 aliphatic rings. The van der Waals surface area contributed by atoms with E-state index in [1.165, 1.54) is 6.20 Å². The van der Waals surface area contributed by atoms with E-state index in [1.807, 2.05) is 58.2 Å². The van der Waals surface area contributed by atoms with Crippen LogP contribution < -0.4 is 17.2 Å². The second-order valence-electron chi connectivity index (χ2n) is 25.9. The minimum absolute atomic E-state index is 0.0666. The molecule has 0 bridgehead atoms. The van der Waals surface area contributed by atoms with Crippen LogP contribution in [-0.4, -0.2) is 60.9 Å². The lowest BCUT2D eigenvalue weighted by atomic mass is 9.84. The first kappa shape index (κ1) is 71.4. The maximum Gasteiger partial charge on any atom is 0.297 e. The number of benzene rings is 4. The minimum Gasteiger partial charge on any atom is -0.396 e. The largest absolute Gasteiger partial charge is 0.396 e. The standard InChI is InChI=1S/2C23H23ClN4O.C15H11ClN4.C15H20O4S/c2*1-13-8-22-17(9-21(13)26-3)19(18-10-27-11-20(25)23(18)24)12-28(22)16-6-4-15(5-7-16)14(2)29;1-8-3-14-9(4-13(8)18-2)10(6-20-14)11-5-19-7-12(17)15(11)16;1-11-3-9-15(10-4-11)20(17,18)19-14-7-5-13(6-8-14)12(2)16/h2*8-12,15-16H,4-7,25H2,1-2H3;3-7,20H,17H2,1H3;3-4,9-10,13-14H,5-8H2,1-2H3. The minimum atomic E-state index is -3.70. The van der Waals surface area contributed by atoms with E-state index < -0.39 is 10.1 Å². The molecule has 10 aromatic rings. The fraction of sp³-hybridized carbons (Fsp3) is 0.329. The lowest BCUT2D eigenvalue weighted by Crippen LogP contribution is -2.27. The van der Waals surface area contributed by atoms with Crippen molar-refractivity contribution in [2.24, 2.45) is 17.8 Å². The number of nitrogens with two attached hydrogens (primary N) is 3. The monoisotopic (exact) mass is 1390 g/mol. The molecule has 18 nitrogen and oxygen atoms in total. The summed E-state index contributed by atoms with van der Waals surface area (Å²) in [6.07, 6.45) is 25.7. The number of hydrogen-bond acceptors (Lipinski definition) is 12. The molecule has 0 radical (unpaired) electrons. The summed E-state index contributed by atoms with van der Waals surface area (Å²) in [6, 6.07) is 19.1. The van der Waals surface area contributed by atoms with E-state index in [-0.39, 0.29) is 46.1 Å². The van der Waals surface area contributed by atoms with Crippen molar-refractivity contribution in [3.63, 3.8) is 0 Å². The van der Waals surface area contributed by atoms with Gasteiger partial charge in [0.05, 0.1) is 81.4 Å². The number of rotatable bonds is 11. The van der Waals surface area contributed by atoms with Crippen LogP contribution in [0.3, 0.4) is 0 Å². The first-order chi connectivity index (χ1) is 46.8. The van der Waals surface area contributed by atoms with Gasteiger partial charge in [0.1, 0.15) is 17.3 Å². The molecule has 0 unspecified atom stereocenters. The number of Topliss-reactive ketones (excluding diaryl/α,β-unsaturated/α-hetero) is 3. The Morgan fingerprint density at radius 3 is 1.23 bits per heavy atom. The van der Waals surface area contributed by atoms with Gasteiger partial charge in [0, 0.05) is 117 Å². The summed E-state index contributed by atoms with van der Waals surface area (Å²) < 4.78 is 34.2. The van der Waals surface area contributed by atoms with Crippen LogP contribution in [0.15, 0.2) is 121 Å².